The van der Waals surface area contributed by atoms with E-state index in [9.17, 15) is 0 Å². The second-order valence-electron chi connectivity index (χ2n) is 7.19. The molecule has 0 radical (unpaired) electrons. The Bertz CT molecular complexity index is 1570. The molecule has 0 saturated carbocycles. The number of fused-ring (bicyclic) bond motifs is 2. The number of ether oxygens (including phenoxy) is 1. The van der Waals surface area contributed by atoms with Gasteiger partial charge in [-0.3, -0.25) is 10.1 Å². The molecule has 0 bridgehead atoms. The zero-order valence-electron chi connectivity index (χ0n) is 16.9. The smallest absolute Gasteiger partial charge is 0.161 e. The summed E-state index contributed by atoms with van der Waals surface area (Å²) in [7, 11) is 1.65. The summed E-state index contributed by atoms with van der Waals surface area (Å²) < 4.78 is 5.37. The van der Waals surface area contributed by atoms with Gasteiger partial charge in [0.1, 0.15) is 17.6 Å². The third-order valence-electron chi connectivity index (χ3n) is 5.26. The Morgan fingerprint density at radius 1 is 0.812 bits per heavy atom. The van der Waals surface area contributed by atoms with Crippen LogP contribution in [0, 0.1) is 0 Å². The van der Waals surface area contributed by atoms with Crippen molar-refractivity contribution in [2.75, 3.05) is 7.11 Å². The van der Waals surface area contributed by atoms with Crippen LogP contribution in [-0.4, -0.2) is 47.2 Å². The standard InChI is InChI=1S/C23H16N8O/c1-32-15-4-2-3-13(7-15)16-10-24-11-19-20(16)29-23(28-19)22-21-18(30-31-22)6-5-17(27-21)14-8-25-12-26-9-14/h2-12H,1H3,(H,28,29)(H,30,31). The molecule has 32 heavy (non-hydrogen) atoms. The third-order valence-corrected chi connectivity index (χ3v) is 5.26. The molecule has 0 aliphatic rings. The molecule has 5 heterocycles. The van der Waals surface area contributed by atoms with Crippen molar-refractivity contribution < 1.29 is 4.74 Å². The highest BCUT2D eigenvalue weighted by Gasteiger charge is 2.17. The Kier molecular flexibility index (Phi) is 4.10. The van der Waals surface area contributed by atoms with Gasteiger partial charge in [-0.1, -0.05) is 12.1 Å². The Labute approximate surface area is 181 Å². The van der Waals surface area contributed by atoms with Crippen molar-refractivity contribution in [3.8, 4) is 39.7 Å². The molecule has 9 nitrogen and oxygen atoms in total. The van der Waals surface area contributed by atoms with Crippen LogP contribution in [0.5, 0.6) is 5.75 Å². The molecule has 154 valence electrons. The summed E-state index contributed by atoms with van der Waals surface area (Å²) in [4.78, 5) is 25.5. The number of nitrogens with zero attached hydrogens (tertiary/aromatic N) is 6. The zero-order valence-corrected chi connectivity index (χ0v) is 16.9. The van der Waals surface area contributed by atoms with Crippen molar-refractivity contribution in [2.45, 2.75) is 0 Å². The normalized spacial score (nSPS) is 11.3. The molecule has 0 amide bonds. The lowest BCUT2D eigenvalue weighted by atomic mass is 10.1. The van der Waals surface area contributed by atoms with Gasteiger partial charge in [-0.05, 0) is 29.8 Å². The van der Waals surface area contributed by atoms with Crippen LogP contribution in [0.25, 0.3) is 56.0 Å². The first-order valence-corrected chi connectivity index (χ1v) is 9.89. The van der Waals surface area contributed by atoms with E-state index in [0.29, 0.717) is 17.0 Å². The fraction of sp³-hybridized carbons (Fsp3) is 0.0435. The molecule has 6 aromatic rings. The Hall–Kier alpha value is -4.66. The Balaban J connectivity index is 1.50. The van der Waals surface area contributed by atoms with Crippen LogP contribution in [0.15, 0.2) is 67.5 Å². The number of rotatable bonds is 4. The number of nitrogens with one attached hydrogen (secondary N) is 2. The van der Waals surface area contributed by atoms with E-state index < -0.39 is 0 Å². The quantitative estimate of drug-likeness (QED) is 0.442. The van der Waals surface area contributed by atoms with Crippen LogP contribution >= 0.6 is 0 Å². The number of hydrogen-bond acceptors (Lipinski definition) is 7. The maximum Gasteiger partial charge on any atom is 0.161 e. The Morgan fingerprint density at radius 3 is 2.59 bits per heavy atom. The van der Waals surface area contributed by atoms with Gasteiger partial charge in [-0.2, -0.15) is 5.10 Å². The summed E-state index contributed by atoms with van der Waals surface area (Å²) in [6, 6.07) is 11.7. The maximum absolute atomic E-state index is 5.37. The number of aromatic nitrogens is 8. The molecule has 0 spiro atoms. The van der Waals surface area contributed by atoms with Gasteiger partial charge in [0.05, 0.1) is 35.6 Å². The summed E-state index contributed by atoms with van der Waals surface area (Å²) in [5.41, 5.74) is 7.22. The minimum Gasteiger partial charge on any atom is -0.497 e. The fourth-order valence-electron chi connectivity index (χ4n) is 3.70. The van der Waals surface area contributed by atoms with E-state index in [1.54, 1.807) is 31.9 Å². The van der Waals surface area contributed by atoms with E-state index >= 15 is 0 Å². The molecular formula is C23H16N8O. The molecule has 0 aliphatic heterocycles. The van der Waals surface area contributed by atoms with Gasteiger partial charge in [0, 0.05) is 29.7 Å². The number of hydrogen-bond donors (Lipinski definition) is 2. The molecular weight excluding hydrogens is 404 g/mol. The number of benzene rings is 1. The summed E-state index contributed by atoms with van der Waals surface area (Å²) in [6.45, 7) is 0. The van der Waals surface area contributed by atoms with Crippen LogP contribution < -0.4 is 4.74 Å². The SMILES string of the molecule is COc1cccc(-c2cncc3[nH]c(-c4n[nH]c5ccc(-c6cncnc6)nc45)nc23)c1. The van der Waals surface area contributed by atoms with E-state index in [-0.39, 0.29) is 0 Å². The van der Waals surface area contributed by atoms with Gasteiger partial charge >= 0.3 is 0 Å². The predicted octanol–water partition coefficient (Wildman–Crippen LogP) is 4.03. The highest BCUT2D eigenvalue weighted by molar-refractivity contribution is 5.95. The minimum absolute atomic E-state index is 0.609. The van der Waals surface area contributed by atoms with Crippen LogP contribution in [0.4, 0.5) is 0 Å². The lowest BCUT2D eigenvalue weighted by molar-refractivity contribution is 0.415. The van der Waals surface area contributed by atoms with E-state index in [1.165, 1.54) is 6.33 Å². The van der Waals surface area contributed by atoms with Gasteiger partial charge in [0.15, 0.2) is 11.5 Å². The van der Waals surface area contributed by atoms with Gasteiger partial charge in [-0.25, -0.2) is 19.9 Å². The van der Waals surface area contributed by atoms with Crippen LogP contribution in [0.2, 0.25) is 0 Å². The van der Waals surface area contributed by atoms with Crippen molar-refractivity contribution in [3.63, 3.8) is 0 Å². The van der Waals surface area contributed by atoms with Crippen LogP contribution in [0.1, 0.15) is 0 Å². The Morgan fingerprint density at radius 2 is 1.72 bits per heavy atom. The van der Waals surface area contributed by atoms with Crippen molar-refractivity contribution >= 4 is 22.1 Å². The number of methoxy groups -OCH3 is 1. The van der Waals surface area contributed by atoms with E-state index in [2.05, 4.69) is 30.1 Å². The monoisotopic (exact) mass is 420 g/mol. The van der Waals surface area contributed by atoms with Gasteiger partial charge < -0.3 is 9.72 Å². The summed E-state index contributed by atoms with van der Waals surface area (Å²) in [5, 5.41) is 7.51. The molecule has 5 aromatic heterocycles. The summed E-state index contributed by atoms with van der Waals surface area (Å²) in [5.74, 6) is 1.38. The predicted molar refractivity (Wildman–Crippen MR) is 120 cm³/mol. The van der Waals surface area contributed by atoms with Crippen molar-refractivity contribution in [2.24, 2.45) is 0 Å². The number of aromatic amines is 2. The first kappa shape index (κ1) is 18.1. The highest BCUT2D eigenvalue weighted by Crippen LogP contribution is 2.32. The lowest BCUT2D eigenvalue weighted by Crippen LogP contribution is -1.88. The zero-order chi connectivity index (χ0) is 21.5. The number of H-pyrrole nitrogens is 2. The van der Waals surface area contributed by atoms with E-state index in [1.807, 2.05) is 36.4 Å². The highest BCUT2D eigenvalue weighted by atomic mass is 16.5. The van der Waals surface area contributed by atoms with Crippen LogP contribution in [0.3, 0.4) is 0 Å². The third kappa shape index (κ3) is 2.95. The van der Waals surface area contributed by atoms with Gasteiger partial charge in [0.25, 0.3) is 0 Å². The van der Waals surface area contributed by atoms with Crippen molar-refractivity contribution in [1.82, 2.24) is 40.1 Å². The van der Waals surface area contributed by atoms with E-state index in [4.69, 9.17) is 14.7 Å². The molecule has 1 aromatic carbocycles. The summed E-state index contributed by atoms with van der Waals surface area (Å²) >= 11 is 0. The largest absolute Gasteiger partial charge is 0.497 e. The minimum atomic E-state index is 0.609. The van der Waals surface area contributed by atoms with E-state index in [0.717, 1.165) is 44.7 Å². The molecule has 2 N–H and O–H groups in total. The molecule has 6 rings (SSSR count). The van der Waals surface area contributed by atoms with Gasteiger partial charge in [0.2, 0.25) is 0 Å². The average Bonchev–Trinajstić information content (AvgIpc) is 3.48. The molecule has 0 unspecified atom stereocenters. The molecule has 0 saturated heterocycles. The molecule has 0 aliphatic carbocycles. The number of pyridine rings is 2. The first-order chi connectivity index (χ1) is 15.8. The lowest BCUT2D eigenvalue weighted by Gasteiger charge is -2.04. The average molecular weight is 420 g/mol. The van der Waals surface area contributed by atoms with Crippen molar-refractivity contribution in [1.29, 1.82) is 0 Å². The second-order valence-corrected chi connectivity index (χ2v) is 7.19. The first-order valence-electron chi connectivity index (χ1n) is 9.89. The molecule has 0 fully saturated rings. The second kappa shape index (κ2) is 7.24. The molecule has 0 atom stereocenters. The number of imidazole rings is 1. The van der Waals surface area contributed by atoms with Crippen LogP contribution in [-0.2, 0) is 0 Å². The molecule has 9 heteroatoms. The topological polar surface area (TPSA) is 118 Å². The maximum atomic E-state index is 5.37. The van der Waals surface area contributed by atoms with Gasteiger partial charge in [-0.15, -0.1) is 0 Å². The fourth-order valence-corrected chi connectivity index (χ4v) is 3.70. The van der Waals surface area contributed by atoms with Crippen molar-refractivity contribution in [3.05, 3.63) is 67.5 Å². The summed E-state index contributed by atoms with van der Waals surface area (Å²) in [6.07, 6.45) is 8.51.